The molecule has 10 rings (SSSR count). The number of benzene rings is 7. The molecule has 5 nitrogen and oxygen atoms in total. The fraction of sp³-hybridized carbons (Fsp3) is 0. The van der Waals surface area contributed by atoms with E-state index in [9.17, 15) is 0 Å². The van der Waals surface area contributed by atoms with Crippen LogP contribution in [0.2, 0.25) is 0 Å². The molecule has 0 saturated carbocycles. The lowest BCUT2D eigenvalue weighted by Crippen LogP contribution is -2.00. The zero-order valence-electron chi connectivity index (χ0n) is 26.9. The van der Waals surface area contributed by atoms with Crippen molar-refractivity contribution < 1.29 is 4.42 Å². The Morgan fingerprint density at radius 1 is 0.380 bits per heavy atom. The third kappa shape index (κ3) is 4.52. The SMILES string of the molecule is c1ccc(-c2ccc3c(c2)c2c(-c4nc(-c5ccccc5)nc(-c5ccccc5)n4)cccc2n3-c2cccc3oc4ccccc4c23)cc1. The number of fused-ring (bicyclic) bond motifs is 6. The number of rotatable bonds is 5. The van der Waals surface area contributed by atoms with Crippen molar-refractivity contribution in [2.75, 3.05) is 0 Å². The van der Waals surface area contributed by atoms with Crippen molar-refractivity contribution in [2.45, 2.75) is 0 Å². The maximum atomic E-state index is 6.36. The molecule has 234 valence electrons. The summed E-state index contributed by atoms with van der Waals surface area (Å²) in [5.74, 6) is 1.89. The van der Waals surface area contributed by atoms with Crippen molar-refractivity contribution in [1.29, 1.82) is 0 Å². The van der Waals surface area contributed by atoms with E-state index in [1.54, 1.807) is 0 Å². The monoisotopic (exact) mass is 640 g/mol. The van der Waals surface area contributed by atoms with Crippen LogP contribution in [-0.4, -0.2) is 19.5 Å². The van der Waals surface area contributed by atoms with Crippen molar-refractivity contribution >= 4 is 43.7 Å². The Bertz CT molecular complexity index is 2800. The molecule has 0 saturated heterocycles. The fourth-order valence-electron chi connectivity index (χ4n) is 7.20. The van der Waals surface area contributed by atoms with E-state index in [0.717, 1.165) is 77.2 Å². The topological polar surface area (TPSA) is 56.7 Å². The molecular formula is C45H28N4O. The van der Waals surface area contributed by atoms with Crippen LogP contribution in [0.3, 0.4) is 0 Å². The molecule has 0 aliphatic rings. The maximum Gasteiger partial charge on any atom is 0.164 e. The molecule has 0 radical (unpaired) electrons. The molecule has 5 heteroatoms. The van der Waals surface area contributed by atoms with Crippen LogP contribution in [0.25, 0.3) is 94.7 Å². The first kappa shape index (κ1) is 28.2. The molecule has 0 aliphatic heterocycles. The van der Waals surface area contributed by atoms with Gasteiger partial charge in [-0.25, -0.2) is 15.0 Å². The van der Waals surface area contributed by atoms with Crippen LogP contribution in [0, 0.1) is 0 Å². The second-order valence-corrected chi connectivity index (χ2v) is 12.4. The molecule has 3 aromatic heterocycles. The van der Waals surface area contributed by atoms with Crippen LogP contribution in [-0.2, 0) is 0 Å². The minimum Gasteiger partial charge on any atom is -0.456 e. The van der Waals surface area contributed by atoms with Gasteiger partial charge >= 0.3 is 0 Å². The fourth-order valence-corrected chi connectivity index (χ4v) is 7.20. The van der Waals surface area contributed by atoms with E-state index in [2.05, 4.69) is 95.6 Å². The molecule has 7 aromatic carbocycles. The molecule has 0 atom stereocenters. The van der Waals surface area contributed by atoms with Crippen LogP contribution in [0.1, 0.15) is 0 Å². The van der Waals surface area contributed by atoms with Gasteiger partial charge in [-0.1, -0.05) is 133 Å². The number of hydrogen-bond acceptors (Lipinski definition) is 4. The van der Waals surface area contributed by atoms with Gasteiger partial charge in [0.25, 0.3) is 0 Å². The molecule has 50 heavy (non-hydrogen) atoms. The van der Waals surface area contributed by atoms with Crippen LogP contribution in [0.5, 0.6) is 0 Å². The number of nitrogens with zero attached hydrogens (tertiary/aromatic N) is 4. The highest BCUT2D eigenvalue weighted by molar-refractivity contribution is 6.18. The minimum atomic E-state index is 0.624. The first-order valence-electron chi connectivity index (χ1n) is 16.7. The summed E-state index contributed by atoms with van der Waals surface area (Å²) in [6.45, 7) is 0. The number of aromatic nitrogens is 4. The average Bonchev–Trinajstić information content (AvgIpc) is 3.74. The molecule has 3 heterocycles. The smallest absolute Gasteiger partial charge is 0.164 e. The molecule has 0 N–H and O–H groups in total. The molecule has 0 fully saturated rings. The first-order valence-corrected chi connectivity index (χ1v) is 16.7. The molecule has 0 spiro atoms. The summed E-state index contributed by atoms with van der Waals surface area (Å²) in [4.78, 5) is 15.3. The van der Waals surface area contributed by atoms with Crippen molar-refractivity contribution in [3.8, 4) is 51.0 Å². The van der Waals surface area contributed by atoms with Crippen LogP contribution >= 0.6 is 0 Å². The number of para-hydroxylation sites is 1. The zero-order chi connectivity index (χ0) is 33.0. The van der Waals surface area contributed by atoms with Crippen LogP contribution in [0.15, 0.2) is 174 Å². The van der Waals surface area contributed by atoms with Gasteiger partial charge in [0, 0.05) is 32.8 Å². The largest absolute Gasteiger partial charge is 0.456 e. The highest BCUT2D eigenvalue weighted by Crippen LogP contribution is 2.42. The predicted octanol–water partition coefficient (Wildman–Crippen LogP) is 11.5. The Labute approximate surface area is 287 Å². The second kappa shape index (κ2) is 11.4. The third-order valence-corrected chi connectivity index (χ3v) is 9.46. The van der Waals surface area contributed by atoms with E-state index >= 15 is 0 Å². The van der Waals surface area contributed by atoms with Gasteiger partial charge in [-0.3, -0.25) is 0 Å². The van der Waals surface area contributed by atoms with E-state index in [0.29, 0.717) is 17.5 Å². The van der Waals surface area contributed by atoms with Crippen LogP contribution in [0.4, 0.5) is 0 Å². The highest BCUT2D eigenvalue weighted by atomic mass is 16.3. The summed E-state index contributed by atoms with van der Waals surface area (Å²) in [5, 5.41) is 4.36. The van der Waals surface area contributed by atoms with E-state index in [1.807, 2.05) is 78.9 Å². The Hall–Kier alpha value is -6.85. The number of hydrogen-bond donors (Lipinski definition) is 0. The summed E-state index contributed by atoms with van der Waals surface area (Å²) in [6, 6.07) is 58.5. The van der Waals surface area contributed by atoms with Crippen molar-refractivity contribution in [3.63, 3.8) is 0 Å². The van der Waals surface area contributed by atoms with Crippen molar-refractivity contribution in [2.24, 2.45) is 0 Å². The molecule has 0 aliphatic carbocycles. The third-order valence-electron chi connectivity index (χ3n) is 9.46. The standard InChI is InChI=1S/C45H28N4O/c1-4-14-29(15-5-1)32-26-27-36-35(28-32)41-34(45-47-43(30-16-6-2-7-17-30)46-44(48-45)31-18-8-3-9-19-31)21-12-22-37(41)49(36)38-23-13-25-40-42(38)33-20-10-11-24-39(33)50-40/h1-28H. The van der Waals surface area contributed by atoms with E-state index in [4.69, 9.17) is 19.4 Å². The second-order valence-electron chi connectivity index (χ2n) is 12.4. The predicted molar refractivity (Wildman–Crippen MR) is 203 cm³/mol. The molecule has 10 aromatic rings. The van der Waals surface area contributed by atoms with Crippen LogP contribution < -0.4 is 0 Å². The van der Waals surface area contributed by atoms with E-state index in [1.165, 1.54) is 0 Å². The first-order chi connectivity index (χ1) is 24.8. The normalized spacial score (nSPS) is 11.6. The van der Waals surface area contributed by atoms with Crippen molar-refractivity contribution in [1.82, 2.24) is 19.5 Å². The lowest BCUT2D eigenvalue weighted by Gasteiger charge is -2.11. The summed E-state index contributed by atoms with van der Waals surface area (Å²) >= 11 is 0. The van der Waals surface area contributed by atoms with Crippen molar-refractivity contribution in [3.05, 3.63) is 170 Å². The van der Waals surface area contributed by atoms with Gasteiger partial charge in [-0.05, 0) is 47.5 Å². The Kier molecular flexibility index (Phi) is 6.42. The molecule has 0 amide bonds. The molecule has 0 bridgehead atoms. The van der Waals surface area contributed by atoms with Gasteiger partial charge in [0.05, 0.1) is 22.1 Å². The van der Waals surface area contributed by atoms with Gasteiger partial charge in [-0.15, -0.1) is 0 Å². The summed E-state index contributed by atoms with van der Waals surface area (Å²) in [6.07, 6.45) is 0. The van der Waals surface area contributed by atoms with Gasteiger partial charge < -0.3 is 8.98 Å². The average molecular weight is 641 g/mol. The lowest BCUT2D eigenvalue weighted by molar-refractivity contribution is 0.669. The summed E-state index contributed by atoms with van der Waals surface area (Å²) in [7, 11) is 0. The zero-order valence-corrected chi connectivity index (χ0v) is 26.9. The quantitative estimate of drug-likeness (QED) is 0.188. The minimum absolute atomic E-state index is 0.624. The van der Waals surface area contributed by atoms with Gasteiger partial charge in [0.1, 0.15) is 11.2 Å². The Morgan fingerprint density at radius 2 is 0.980 bits per heavy atom. The van der Waals surface area contributed by atoms with Gasteiger partial charge in [-0.2, -0.15) is 0 Å². The van der Waals surface area contributed by atoms with Gasteiger partial charge in [0.2, 0.25) is 0 Å². The summed E-state index contributed by atoms with van der Waals surface area (Å²) in [5.41, 5.74) is 10.1. The Balaban J connectivity index is 1.32. The van der Waals surface area contributed by atoms with E-state index < -0.39 is 0 Å². The Morgan fingerprint density at radius 3 is 1.70 bits per heavy atom. The lowest BCUT2D eigenvalue weighted by atomic mass is 10.0. The summed E-state index contributed by atoms with van der Waals surface area (Å²) < 4.78 is 8.72. The number of furan rings is 1. The van der Waals surface area contributed by atoms with Gasteiger partial charge in [0.15, 0.2) is 17.5 Å². The highest BCUT2D eigenvalue weighted by Gasteiger charge is 2.22. The maximum absolute atomic E-state index is 6.36. The molecular weight excluding hydrogens is 613 g/mol. The molecule has 0 unspecified atom stereocenters. The van der Waals surface area contributed by atoms with E-state index in [-0.39, 0.29) is 0 Å².